The topological polar surface area (TPSA) is 32.3 Å². The number of hydrogen-bond acceptors (Lipinski definition) is 2. The van der Waals surface area contributed by atoms with Crippen LogP contribution in [-0.4, -0.2) is 5.91 Å². The molecule has 0 heterocycles. The van der Waals surface area contributed by atoms with Gasteiger partial charge in [0.05, 0.1) is 12.2 Å². The van der Waals surface area contributed by atoms with Crippen LogP contribution < -0.4 is 10.4 Å². The minimum absolute atomic E-state index is 0.0771. The Morgan fingerprint density at radius 3 is 2.23 bits per heavy atom. The minimum atomic E-state index is 0.0771. The van der Waals surface area contributed by atoms with Gasteiger partial charge in [-0.05, 0) is 24.1 Å². The quantitative estimate of drug-likeness (QED) is 0.581. The molecule has 0 saturated carbocycles. The normalized spacial score (nSPS) is 10.2. The van der Waals surface area contributed by atoms with Crippen LogP contribution in [0.15, 0.2) is 60.7 Å². The van der Waals surface area contributed by atoms with Crippen LogP contribution in [0, 0.1) is 0 Å². The third-order valence-corrected chi connectivity index (χ3v) is 3.52. The summed E-state index contributed by atoms with van der Waals surface area (Å²) >= 11 is 0. The zero-order valence-electron chi connectivity index (χ0n) is 13.2. The van der Waals surface area contributed by atoms with Gasteiger partial charge in [-0.1, -0.05) is 68.3 Å². The van der Waals surface area contributed by atoms with E-state index in [0.717, 1.165) is 24.9 Å². The van der Waals surface area contributed by atoms with E-state index in [0.29, 0.717) is 13.0 Å². The number of nitrogens with one attached hydrogen (secondary N) is 1. The first-order chi connectivity index (χ1) is 10.8. The summed E-state index contributed by atoms with van der Waals surface area (Å²) in [5, 5.41) is 1.92. The Morgan fingerprint density at radius 1 is 0.955 bits per heavy atom. The lowest BCUT2D eigenvalue weighted by molar-refractivity contribution is -0.121. The average molecular weight is 296 g/mol. The van der Waals surface area contributed by atoms with E-state index < -0.39 is 0 Å². The molecular weight excluding hydrogens is 272 g/mol. The number of nitrogens with zero attached hydrogens (tertiary/aromatic N) is 1. The second-order valence-corrected chi connectivity index (χ2v) is 5.40. The van der Waals surface area contributed by atoms with Crippen LogP contribution in [0.1, 0.15) is 38.2 Å². The number of unbranched alkanes of at least 4 members (excludes halogenated alkanes) is 2. The summed E-state index contributed by atoms with van der Waals surface area (Å²) in [5.41, 5.74) is 5.20. The zero-order valence-corrected chi connectivity index (χ0v) is 13.2. The monoisotopic (exact) mass is 296 g/mol. The molecule has 0 radical (unpaired) electrons. The maximum Gasteiger partial charge on any atom is 0.238 e. The third kappa shape index (κ3) is 5.24. The molecule has 1 amide bonds. The van der Waals surface area contributed by atoms with Crippen molar-refractivity contribution in [1.82, 2.24) is 5.43 Å². The summed E-state index contributed by atoms with van der Waals surface area (Å²) in [4.78, 5) is 12.1. The molecule has 116 valence electrons. The summed E-state index contributed by atoms with van der Waals surface area (Å²) in [7, 11) is 0. The molecule has 0 aromatic heterocycles. The second kappa shape index (κ2) is 8.88. The van der Waals surface area contributed by atoms with Crippen molar-refractivity contribution in [2.75, 3.05) is 5.01 Å². The van der Waals surface area contributed by atoms with Gasteiger partial charge in [0.15, 0.2) is 0 Å². The van der Waals surface area contributed by atoms with Crippen molar-refractivity contribution in [3.05, 3.63) is 66.2 Å². The summed E-state index contributed by atoms with van der Waals surface area (Å²) in [6.45, 7) is 2.80. The number of carbonyl (C=O) groups is 1. The fourth-order valence-corrected chi connectivity index (χ4v) is 2.31. The molecule has 0 bridgehead atoms. The third-order valence-electron chi connectivity index (χ3n) is 3.52. The number of benzene rings is 2. The van der Waals surface area contributed by atoms with Gasteiger partial charge in [-0.3, -0.25) is 15.2 Å². The highest BCUT2D eigenvalue weighted by molar-refractivity contribution is 5.77. The Balaban J connectivity index is 2.04. The Kier molecular flexibility index (Phi) is 6.49. The summed E-state index contributed by atoms with van der Waals surface area (Å²) in [6.07, 6.45) is 3.74. The van der Waals surface area contributed by atoms with E-state index in [4.69, 9.17) is 0 Å². The molecule has 2 aromatic carbocycles. The van der Waals surface area contributed by atoms with E-state index in [1.807, 2.05) is 53.5 Å². The smallest absolute Gasteiger partial charge is 0.238 e. The molecule has 0 aliphatic rings. The van der Waals surface area contributed by atoms with Crippen molar-refractivity contribution in [3.63, 3.8) is 0 Å². The van der Waals surface area contributed by atoms with Crippen LogP contribution in [0.4, 0.5) is 5.69 Å². The zero-order chi connectivity index (χ0) is 15.6. The molecule has 0 spiro atoms. The Labute approximate surface area is 132 Å². The van der Waals surface area contributed by atoms with Crippen molar-refractivity contribution in [1.29, 1.82) is 0 Å². The van der Waals surface area contributed by atoms with Gasteiger partial charge in [0.2, 0.25) is 5.91 Å². The summed E-state index contributed by atoms with van der Waals surface area (Å²) in [5.74, 6) is 0.0771. The van der Waals surface area contributed by atoms with Crippen molar-refractivity contribution >= 4 is 11.6 Å². The van der Waals surface area contributed by atoms with Crippen molar-refractivity contribution in [3.8, 4) is 0 Å². The second-order valence-electron chi connectivity index (χ2n) is 5.40. The molecule has 0 atom stereocenters. The number of carbonyl (C=O) groups excluding carboxylic acids is 1. The fraction of sp³-hybridized carbons (Fsp3) is 0.316. The largest absolute Gasteiger partial charge is 0.281 e. The van der Waals surface area contributed by atoms with Gasteiger partial charge in [-0.15, -0.1) is 0 Å². The lowest BCUT2D eigenvalue weighted by Gasteiger charge is -2.25. The van der Waals surface area contributed by atoms with Crippen LogP contribution in [0.3, 0.4) is 0 Å². The van der Waals surface area contributed by atoms with Crippen LogP contribution >= 0.6 is 0 Å². The highest BCUT2D eigenvalue weighted by Crippen LogP contribution is 2.15. The standard InChI is InChI=1S/C19H24N2O/c1-2-3-6-15-19(22)20-21(18-13-9-5-10-14-18)16-17-11-7-4-8-12-17/h4-5,7-14H,2-3,6,15-16H2,1H3,(H,20,22). The number of hydrazine groups is 1. The van der Waals surface area contributed by atoms with Gasteiger partial charge in [0.25, 0.3) is 0 Å². The lowest BCUT2D eigenvalue weighted by Crippen LogP contribution is -2.41. The number of para-hydroxylation sites is 1. The molecule has 0 aliphatic carbocycles. The van der Waals surface area contributed by atoms with Gasteiger partial charge in [0, 0.05) is 6.42 Å². The first-order valence-corrected chi connectivity index (χ1v) is 7.95. The highest BCUT2D eigenvalue weighted by atomic mass is 16.2. The average Bonchev–Trinajstić information content (AvgIpc) is 2.56. The Bertz CT molecular complexity index is 554. The minimum Gasteiger partial charge on any atom is -0.281 e. The first-order valence-electron chi connectivity index (χ1n) is 7.95. The summed E-state index contributed by atoms with van der Waals surface area (Å²) < 4.78 is 0. The fourth-order valence-electron chi connectivity index (χ4n) is 2.31. The molecule has 1 N–H and O–H groups in total. The molecule has 2 aromatic rings. The molecule has 0 unspecified atom stereocenters. The number of amides is 1. The predicted octanol–water partition coefficient (Wildman–Crippen LogP) is 4.30. The predicted molar refractivity (Wildman–Crippen MR) is 91.4 cm³/mol. The van der Waals surface area contributed by atoms with E-state index >= 15 is 0 Å². The van der Waals surface area contributed by atoms with Gasteiger partial charge in [0.1, 0.15) is 0 Å². The van der Waals surface area contributed by atoms with E-state index in [1.54, 1.807) is 0 Å². The number of anilines is 1. The first kappa shape index (κ1) is 16.1. The van der Waals surface area contributed by atoms with Crippen molar-refractivity contribution in [2.24, 2.45) is 0 Å². The van der Waals surface area contributed by atoms with E-state index in [-0.39, 0.29) is 5.91 Å². The van der Waals surface area contributed by atoms with Crippen LogP contribution in [0.25, 0.3) is 0 Å². The molecule has 2 rings (SSSR count). The van der Waals surface area contributed by atoms with E-state index in [1.165, 1.54) is 5.56 Å². The number of rotatable bonds is 8. The van der Waals surface area contributed by atoms with Gasteiger partial charge in [-0.25, -0.2) is 0 Å². The van der Waals surface area contributed by atoms with Crippen molar-refractivity contribution in [2.45, 2.75) is 39.2 Å². The summed E-state index contributed by atoms with van der Waals surface area (Å²) in [6, 6.07) is 20.1. The molecular formula is C19H24N2O. The van der Waals surface area contributed by atoms with Crippen molar-refractivity contribution < 1.29 is 4.79 Å². The van der Waals surface area contributed by atoms with Crippen LogP contribution in [0.2, 0.25) is 0 Å². The molecule has 0 aliphatic heterocycles. The van der Waals surface area contributed by atoms with Gasteiger partial charge in [-0.2, -0.15) is 0 Å². The van der Waals surface area contributed by atoms with Gasteiger partial charge >= 0.3 is 0 Å². The highest BCUT2D eigenvalue weighted by Gasteiger charge is 2.10. The van der Waals surface area contributed by atoms with Gasteiger partial charge < -0.3 is 0 Å². The van der Waals surface area contributed by atoms with Crippen LogP contribution in [0.5, 0.6) is 0 Å². The maximum absolute atomic E-state index is 12.1. The molecule has 0 saturated heterocycles. The molecule has 3 heteroatoms. The van der Waals surface area contributed by atoms with Crippen LogP contribution in [-0.2, 0) is 11.3 Å². The molecule has 3 nitrogen and oxygen atoms in total. The SMILES string of the molecule is CCCCCC(=O)NN(Cc1ccccc1)c1ccccc1. The van der Waals surface area contributed by atoms with E-state index in [2.05, 4.69) is 24.5 Å². The molecule has 22 heavy (non-hydrogen) atoms. The Morgan fingerprint density at radius 2 is 1.59 bits per heavy atom. The number of hydrogen-bond donors (Lipinski definition) is 1. The lowest BCUT2D eigenvalue weighted by atomic mass is 10.2. The van der Waals surface area contributed by atoms with E-state index in [9.17, 15) is 4.79 Å². The Hall–Kier alpha value is -2.29. The maximum atomic E-state index is 12.1. The molecule has 0 fully saturated rings.